The van der Waals surface area contributed by atoms with Crippen molar-refractivity contribution in [2.24, 2.45) is 0 Å². The number of methoxy groups -OCH3 is 1. The van der Waals surface area contributed by atoms with Gasteiger partial charge >= 0.3 is 0 Å². The normalized spacial score (nSPS) is 10.2. The van der Waals surface area contributed by atoms with E-state index in [0.717, 1.165) is 5.56 Å². The van der Waals surface area contributed by atoms with E-state index in [4.69, 9.17) is 21.1 Å². The number of Topliss-reactive ketones (excluding diaryl/α,β-unsaturated/α-hetero) is 1. The molecule has 0 atom stereocenters. The highest BCUT2D eigenvalue weighted by Crippen LogP contribution is 2.30. The molecule has 2 rings (SSSR count). The highest BCUT2D eigenvalue weighted by molar-refractivity contribution is 6.31. The molecule has 0 radical (unpaired) electrons. The molecule has 0 unspecified atom stereocenters. The molecule has 0 aromatic heterocycles. The van der Waals surface area contributed by atoms with Crippen LogP contribution in [0.3, 0.4) is 0 Å². The minimum absolute atomic E-state index is 0.0636. The number of ketones is 1. The Balaban J connectivity index is 2.03. The zero-order valence-corrected chi connectivity index (χ0v) is 14.4. The van der Waals surface area contributed by atoms with Gasteiger partial charge in [-0.1, -0.05) is 23.7 Å². The summed E-state index contributed by atoms with van der Waals surface area (Å²) in [5, 5.41) is 3.28. The molecule has 0 fully saturated rings. The predicted molar refractivity (Wildman–Crippen MR) is 93.3 cm³/mol. The molecule has 0 aliphatic heterocycles. The zero-order valence-electron chi connectivity index (χ0n) is 13.7. The standard InChI is InChI=1S/C18H18ClNO4/c1-11-7-16(17(23-3)9-15(11)19)20-18(22)10-24-14-6-4-5-13(8-14)12(2)21/h4-9H,10H2,1-3H3,(H,20,22). The summed E-state index contributed by atoms with van der Waals surface area (Å²) in [6.45, 7) is 3.12. The van der Waals surface area contributed by atoms with Gasteiger partial charge in [0.1, 0.15) is 11.5 Å². The molecule has 0 saturated heterocycles. The van der Waals surface area contributed by atoms with Crippen molar-refractivity contribution in [3.63, 3.8) is 0 Å². The van der Waals surface area contributed by atoms with E-state index in [0.29, 0.717) is 27.8 Å². The van der Waals surface area contributed by atoms with Crippen molar-refractivity contribution < 1.29 is 19.1 Å². The molecule has 5 nitrogen and oxygen atoms in total. The van der Waals surface area contributed by atoms with E-state index < -0.39 is 0 Å². The number of carbonyl (C=O) groups excluding carboxylic acids is 2. The largest absolute Gasteiger partial charge is 0.495 e. The van der Waals surface area contributed by atoms with Gasteiger partial charge in [0.05, 0.1) is 12.8 Å². The number of anilines is 1. The summed E-state index contributed by atoms with van der Waals surface area (Å²) in [5.41, 5.74) is 1.87. The second-order valence-electron chi connectivity index (χ2n) is 5.22. The summed E-state index contributed by atoms with van der Waals surface area (Å²) in [6, 6.07) is 10.1. The zero-order chi connectivity index (χ0) is 17.7. The van der Waals surface area contributed by atoms with Crippen LogP contribution in [0.15, 0.2) is 36.4 Å². The van der Waals surface area contributed by atoms with Crippen molar-refractivity contribution in [3.8, 4) is 11.5 Å². The first kappa shape index (κ1) is 17.8. The van der Waals surface area contributed by atoms with Crippen LogP contribution in [-0.4, -0.2) is 25.4 Å². The van der Waals surface area contributed by atoms with Gasteiger partial charge in [-0.3, -0.25) is 9.59 Å². The molecule has 0 aliphatic rings. The second-order valence-corrected chi connectivity index (χ2v) is 5.63. The first-order valence-corrected chi connectivity index (χ1v) is 7.66. The number of aryl methyl sites for hydroxylation is 1. The smallest absolute Gasteiger partial charge is 0.262 e. The topological polar surface area (TPSA) is 64.6 Å². The summed E-state index contributed by atoms with van der Waals surface area (Å²) < 4.78 is 10.6. The Bertz CT molecular complexity index is 774. The van der Waals surface area contributed by atoms with E-state index in [1.165, 1.54) is 14.0 Å². The lowest BCUT2D eigenvalue weighted by molar-refractivity contribution is -0.118. The minimum Gasteiger partial charge on any atom is -0.495 e. The van der Waals surface area contributed by atoms with E-state index in [-0.39, 0.29) is 18.3 Å². The fourth-order valence-corrected chi connectivity index (χ4v) is 2.22. The summed E-state index contributed by atoms with van der Waals surface area (Å²) in [4.78, 5) is 23.4. The third-order valence-corrected chi connectivity index (χ3v) is 3.77. The third kappa shape index (κ3) is 4.49. The Morgan fingerprint density at radius 2 is 1.96 bits per heavy atom. The van der Waals surface area contributed by atoms with Crippen molar-refractivity contribution in [3.05, 3.63) is 52.5 Å². The Morgan fingerprint density at radius 3 is 2.62 bits per heavy atom. The molecule has 2 aromatic carbocycles. The van der Waals surface area contributed by atoms with Crippen LogP contribution in [0.1, 0.15) is 22.8 Å². The van der Waals surface area contributed by atoms with E-state index in [9.17, 15) is 9.59 Å². The Labute approximate surface area is 145 Å². The molecule has 0 spiro atoms. The first-order valence-electron chi connectivity index (χ1n) is 7.28. The molecule has 1 N–H and O–H groups in total. The van der Waals surface area contributed by atoms with Crippen molar-refractivity contribution in [2.75, 3.05) is 19.0 Å². The molecule has 126 valence electrons. The summed E-state index contributed by atoms with van der Waals surface area (Å²) in [6.07, 6.45) is 0. The SMILES string of the molecule is COc1cc(Cl)c(C)cc1NC(=O)COc1cccc(C(C)=O)c1. The number of benzene rings is 2. The number of hydrogen-bond donors (Lipinski definition) is 1. The maximum Gasteiger partial charge on any atom is 0.262 e. The Morgan fingerprint density at radius 1 is 1.21 bits per heavy atom. The van der Waals surface area contributed by atoms with Crippen LogP contribution in [0.25, 0.3) is 0 Å². The monoisotopic (exact) mass is 347 g/mol. The number of hydrogen-bond acceptors (Lipinski definition) is 4. The summed E-state index contributed by atoms with van der Waals surface area (Å²) in [5.74, 6) is 0.518. The van der Waals surface area contributed by atoms with E-state index in [1.807, 2.05) is 6.92 Å². The van der Waals surface area contributed by atoms with Crippen LogP contribution >= 0.6 is 11.6 Å². The molecule has 24 heavy (non-hydrogen) atoms. The van der Waals surface area contributed by atoms with Crippen molar-refractivity contribution in [1.82, 2.24) is 0 Å². The lowest BCUT2D eigenvalue weighted by Gasteiger charge is -2.13. The fraction of sp³-hybridized carbons (Fsp3) is 0.222. The number of carbonyl (C=O) groups is 2. The van der Waals surface area contributed by atoms with Gasteiger partial charge in [0.15, 0.2) is 12.4 Å². The molecular weight excluding hydrogens is 330 g/mol. The number of rotatable bonds is 6. The van der Waals surface area contributed by atoms with Crippen molar-refractivity contribution in [2.45, 2.75) is 13.8 Å². The molecule has 0 aliphatic carbocycles. The number of amides is 1. The van der Waals surface area contributed by atoms with Gasteiger partial charge in [-0.2, -0.15) is 0 Å². The quantitative estimate of drug-likeness (QED) is 0.805. The average Bonchev–Trinajstić information content (AvgIpc) is 2.56. The minimum atomic E-state index is -0.344. The van der Waals surface area contributed by atoms with Gasteiger partial charge in [0.2, 0.25) is 0 Å². The Kier molecular flexibility index (Phi) is 5.82. The van der Waals surface area contributed by atoms with Crippen LogP contribution in [0, 0.1) is 6.92 Å². The van der Waals surface area contributed by atoms with Crippen LogP contribution in [0.2, 0.25) is 5.02 Å². The Hall–Kier alpha value is -2.53. The van der Waals surface area contributed by atoms with E-state index in [2.05, 4.69) is 5.32 Å². The lowest BCUT2D eigenvalue weighted by atomic mass is 10.1. The van der Waals surface area contributed by atoms with Gasteiger partial charge in [-0.25, -0.2) is 0 Å². The number of ether oxygens (including phenoxy) is 2. The number of halogens is 1. The maximum absolute atomic E-state index is 12.1. The van der Waals surface area contributed by atoms with Gasteiger partial charge in [0, 0.05) is 16.7 Å². The highest BCUT2D eigenvalue weighted by Gasteiger charge is 2.11. The second kappa shape index (κ2) is 7.84. The summed E-state index contributed by atoms with van der Waals surface area (Å²) in [7, 11) is 1.50. The van der Waals surface area contributed by atoms with Crippen LogP contribution in [0.5, 0.6) is 11.5 Å². The third-order valence-electron chi connectivity index (χ3n) is 3.37. The van der Waals surface area contributed by atoms with Crippen LogP contribution < -0.4 is 14.8 Å². The fourth-order valence-electron chi connectivity index (χ4n) is 2.07. The number of nitrogens with one attached hydrogen (secondary N) is 1. The van der Waals surface area contributed by atoms with Gasteiger partial charge in [0.25, 0.3) is 5.91 Å². The average molecular weight is 348 g/mol. The maximum atomic E-state index is 12.1. The van der Waals surface area contributed by atoms with Crippen molar-refractivity contribution >= 4 is 29.0 Å². The molecular formula is C18H18ClNO4. The van der Waals surface area contributed by atoms with E-state index >= 15 is 0 Å². The van der Waals surface area contributed by atoms with Crippen LogP contribution in [0.4, 0.5) is 5.69 Å². The predicted octanol–water partition coefficient (Wildman–Crippen LogP) is 3.88. The van der Waals surface area contributed by atoms with Gasteiger partial charge in [-0.15, -0.1) is 0 Å². The molecule has 1 amide bonds. The van der Waals surface area contributed by atoms with Gasteiger partial charge < -0.3 is 14.8 Å². The van der Waals surface area contributed by atoms with Crippen molar-refractivity contribution in [1.29, 1.82) is 0 Å². The highest BCUT2D eigenvalue weighted by atomic mass is 35.5. The molecule has 6 heteroatoms. The van der Waals surface area contributed by atoms with E-state index in [1.54, 1.807) is 36.4 Å². The molecule has 0 heterocycles. The van der Waals surface area contributed by atoms with Crippen LogP contribution in [-0.2, 0) is 4.79 Å². The lowest BCUT2D eigenvalue weighted by Crippen LogP contribution is -2.20. The molecule has 0 saturated carbocycles. The molecule has 0 bridgehead atoms. The first-order chi connectivity index (χ1) is 11.4. The summed E-state index contributed by atoms with van der Waals surface area (Å²) >= 11 is 6.04. The van der Waals surface area contributed by atoms with Gasteiger partial charge in [-0.05, 0) is 37.6 Å². The molecule has 2 aromatic rings.